The zero-order chi connectivity index (χ0) is 21.8. The van der Waals surface area contributed by atoms with Gasteiger partial charge in [0.15, 0.2) is 0 Å². The maximum atomic E-state index is 13.1. The maximum Gasteiger partial charge on any atom is 0.277 e. The van der Waals surface area contributed by atoms with Crippen molar-refractivity contribution in [3.8, 4) is 5.75 Å². The number of anilines is 1. The fraction of sp³-hybridized carbons (Fsp3) is 0.391. The van der Waals surface area contributed by atoms with Crippen LogP contribution in [0.3, 0.4) is 0 Å². The molecule has 2 aliphatic heterocycles. The number of ether oxygens (including phenoxy) is 1. The highest BCUT2D eigenvalue weighted by Gasteiger charge is 2.41. The molecule has 31 heavy (non-hydrogen) atoms. The van der Waals surface area contributed by atoms with Gasteiger partial charge in [-0.15, -0.1) is 0 Å². The van der Waals surface area contributed by atoms with Crippen LogP contribution in [-0.4, -0.2) is 70.9 Å². The predicted molar refractivity (Wildman–Crippen MR) is 117 cm³/mol. The summed E-state index contributed by atoms with van der Waals surface area (Å²) in [4.78, 5) is 40.3. The molecule has 162 valence electrons. The average Bonchev–Trinajstić information content (AvgIpc) is 3.08. The molecule has 2 amide bonds. The molecular weight excluding hydrogens is 394 g/mol. The van der Waals surface area contributed by atoms with Gasteiger partial charge in [0.2, 0.25) is 5.95 Å². The number of piperazine rings is 1. The number of carbonyl (C=O) groups is 2. The Hall–Kier alpha value is -3.42. The van der Waals surface area contributed by atoms with Gasteiger partial charge in [0.05, 0.1) is 12.2 Å². The first-order valence-corrected chi connectivity index (χ1v) is 10.7. The van der Waals surface area contributed by atoms with E-state index in [1.165, 1.54) is 4.90 Å². The molecule has 0 bridgehead atoms. The van der Waals surface area contributed by atoms with Crippen molar-refractivity contribution in [2.45, 2.75) is 20.3 Å². The number of amides is 2. The lowest BCUT2D eigenvalue weighted by molar-refractivity contribution is -0.137. The van der Waals surface area contributed by atoms with Gasteiger partial charge in [-0.3, -0.25) is 14.5 Å². The quantitative estimate of drug-likeness (QED) is 0.634. The summed E-state index contributed by atoms with van der Waals surface area (Å²) in [6.07, 6.45) is 4.37. The van der Waals surface area contributed by atoms with Crippen LogP contribution in [0.15, 0.2) is 48.4 Å². The Morgan fingerprint density at radius 1 is 0.903 bits per heavy atom. The predicted octanol–water partition coefficient (Wildman–Crippen LogP) is 2.19. The second-order valence-electron chi connectivity index (χ2n) is 7.47. The Labute approximate surface area is 182 Å². The van der Waals surface area contributed by atoms with Crippen LogP contribution in [0.1, 0.15) is 25.8 Å². The van der Waals surface area contributed by atoms with E-state index >= 15 is 0 Å². The minimum absolute atomic E-state index is 0.224. The number of benzene rings is 1. The lowest BCUT2D eigenvalue weighted by Gasteiger charge is -2.36. The largest absolute Gasteiger partial charge is 0.494 e. The lowest BCUT2D eigenvalue weighted by Crippen LogP contribution is -2.48. The van der Waals surface area contributed by atoms with Crippen LogP contribution < -0.4 is 9.64 Å². The Kier molecular flexibility index (Phi) is 6.16. The summed E-state index contributed by atoms with van der Waals surface area (Å²) in [5.41, 5.74) is 1.70. The van der Waals surface area contributed by atoms with E-state index < -0.39 is 0 Å². The summed E-state index contributed by atoms with van der Waals surface area (Å²) in [6.45, 7) is 7.46. The van der Waals surface area contributed by atoms with Crippen molar-refractivity contribution in [1.29, 1.82) is 0 Å². The molecular formula is C23H27N5O3. The van der Waals surface area contributed by atoms with E-state index in [1.54, 1.807) is 18.5 Å². The number of likely N-dealkylation sites (N-methyl/N-ethyl adjacent to an activating group) is 1. The molecule has 8 nitrogen and oxygen atoms in total. The van der Waals surface area contributed by atoms with Crippen molar-refractivity contribution < 1.29 is 14.3 Å². The smallest absolute Gasteiger partial charge is 0.277 e. The number of aromatic nitrogens is 2. The summed E-state index contributed by atoms with van der Waals surface area (Å²) in [7, 11) is 0. The minimum Gasteiger partial charge on any atom is -0.494 e. The standard InChI is InChI=1S/C23H27N5O3/c1-3-16-31-18-8-6-17(7-9-18)19-20(22(30)28(4-2)21(19)29)26-12-14-27(15-13-26)23-24-10-5-11-25-23/h5-11H,3-4,12-16H2,1-2H3. The van der Waals surface area contributed by atoms with Crippen LogP contribution in [0.25, 0.3) is 5.57 Å². The molecule has 1 aromatic heterocycles. The van der Waals surface area contributed by atoms with Gasteiger partial charge in [0, 0.05) is 45.1 Å². The molecule has 1 fully saturated rings. The van der Waals surface area contributed by atoms with Crippen LogP contribution in [0.2, 0.25) is 0 Å². The topological polar surface area (TPSA) is 78.9 Å². The lowest BCUT2D eigenvalue weighted by atomic mass is 10.0. The van der Waals surface area contributed by atoms with Crippen LogP contribution in [-0.2, 0) is 9.59 Å². The number of rotatable bonds is 7. The number of carbonyl (C=O) groups excluding carboxylic acids is 2. The van der Waals surface area contributed by atoms with E-state index in [2.05, 4.69) is 21.8 Å². The number of hydrogen-bond donors (Lipinski definition) is 0. The number of nitrogens with zero attached hydrogens (tertiary/aromatic N) is 5. The summed E-state index contributed by atoms with van der Waals surface area (Å²) < 4.78 is 5.65. The third-order valence-electron chi connectivity index (χ3n) is 5.51. The molecule has 0 unspecified atom stereocenters. The number of imide groups is 1. The third kappa shape index (κ3) is 4.10. The fourth-order valence-corrected chi connectivity index (χ4v) is 3.93. The van der Waals surface area contributed by atoms with E-state index in [4.69, 9.17) is 4.74 Å². The van der Waals surface area contributed by atoms with Gasteiger partial charge < -0.3 is 14.5 Å². The first kappa shape index (κ1) is 20.8. The van der Waals surface area contributed by atoms with Crippen LogP contribution in [0.5, 0.6) is 5.75 Å². The van der Waals surface area contributed by atoms with Gasteiger partial charge in [-0.1, -0.05) is 19.1 Å². The summed E-state index contributed by atoms with van der Waals surface area (Å²) in [5.74, 6) is 0.980. The fourth-order valence-electron chi connectivity index (χ4n) is 3.93. The van der Waals surface area contributed by atoms with Crippen molar-refractivity contribution in [3.63, 3.8) is 0 Å². The molecule has 0 saturated carbocycles. The molecule has 2 aliphatic rings. The first-order valence-electron chi connectivity index (χ1n) is 10.7. The SMILES string of the molecule is CCCOc1ccc(C2=C(N3CCN(c4ncccn4)CC3)C(=O)N(CC)C2=O)cc1. The molecule has 2 aromatic rings. The Morgan fingerprint density at radius 2 is 1.55 bits per heavy atom. The highest BCUT2D eigenvalue weighted by Crippen LogP contribution is 2.33. The van der Waals surface area contributed by atoms with Gasteiger partial charge in [0.1, 0.15) is 11.4 Å². The second-order valence-corrected chi connectivity index (χ2v) is 7.47. The molecule has 1 aromatic carbocycles. The van der Waals surface area contributed by atoms with Gasteiger partial charge in [-0.25, -0.2) is 9.97 Å². The maximum absolute atomic E-state index is 13.1. The molecule has 0 radical (unpaired) electrons. The van der Waals surface area contributed by atoms with E-state index in [-0.39, 0.29) is 11.8 Å². The first-order chi connectivity index (χ1) is 15.1. The summed E-state index contributed by atoms with van der Waals surface area (Å²) >= 11 is 0. The van der Waals surface area contributed by atoms with Crippen molar-refractivity contribution in [2.75, 3.05) is 44.2 Å². The van der Waals surface area contributed by atoms with Crippen molar-refractivity contribution >= 4 is 23.3 Å². The van der Waals surface area contributed by atoms with E-state index in [9.17, 15) is 9.59 Å². The molecule has 0 spiro atoms. The molecule has 0 N–H and O–H groups in total. The van der Waals surface area contributed by atoms with E-state index in [1.807, 2.05) is 36.1 Å². The minimum atomic E-state index is -0.237. The molecule has 0 atom stereocenters. The molecule has 4 rings (SSSR count). The van der Waals surface area contributed by atoms with Gasteiger partial charge >= 0.3 is 0 Å². The molecule has 0 aliphatic carbocycles. The third-order valence-corrected chi connectivity index (χ3v) is 5.51. The molecule has 3 heterocycles. The Morgan fingerprint density at radius 3 is 2.16 bits per heavy atom. The average molecular weight is 422 g/mol. The highest BCUT2D eigenvalue weighted by molar-refractivity contribution is 6.35. The van der Waals surface area contributed by atoms with Gasteiger partial charge in [0.25, 0.3) is 11.8 Å². The normalized spacial score (nSPS) is 17.0. The van der Waals surface area contributed by atoms with E-state index in [0.717, 1.165) is 17.7 Å². The highest BCUT2D eigenvalue weighted by atomic mass is 16.5. The van der Waals surface area contributed by atoms with Crippen molar-refractivity contribution in [3.05, 3.63) is 54.0 Å². The Balaban J connectivity index is 1.60. The van der Waals surface area contributed by atoms with E-state index in [0.29, 0.717) is 56.5 Å². The van der Waals surface area contributed by atoms with Crippen LogP contribution >= 0.6 is 0 Å². The molecule has 1 saturated heterocycles. The summed E-state index contributed by atoms with van der Waals surface area (Å²) in [6, 6.07) is 9.22. The van der Waals surface area contributed by atoms with Crippen LogP contribution in [0.4, 0.5) is 5.95 Å². The van der Waals surface area contributed by atoms with Gasteiger partial charge in [-0.2, -0.15) is 0 Å². The molecule has 8 heteroatoms. The summed E-state index contributed by atoms with van der Waals surface area (Å²) in [5, 5.41) is 0. The van der Waals surface area contributed by atoms with Crippen molar-refractivity contribution in [1.82, 2.24) is 19.8 Å². The monoisotopic (exact) mass is 421 g/mol. The van der Waals surface area contributed by atoms with Gasteiger partial charge in [-0.05, 0) is 37.1 Å². The Bertz CT molecular complexity index is 966. The number of hydrogen-bond acceptors (Lipinski definition) is 7. The van der Waals surface area contributed by atoms with Crippen LogP contribution in [0, 0.1) is 0 Å². The second kappa shape index (κ2) is 9.16. The zero-order valence-corrected chi connectivity index (χ0v) is 18.0. The van der Waals surface area contributed by atoms with Crippen molar-refractivity contribution in [2.24, 2.45) is 0 Å². The zero-order valence-electron chi connectivity index (χ0n) is 18.0.